The molecular weight excluding hydrogens is 358 g/mol. The third kappa shape index (κ3) is 4.15. The van der Waals surface area contributed by atoms with E-state index in [4.69, 9.17) is 10.3 Å². The Kier molecular flexibility index (Phi) is 5.64. The van der Waals surface area contributed by atoms with Gasteiger partial charge in [-0.15, -0.1) is 0 Å². The van der Waals surface area contributed by atoms with Crippen molar-refractivity contribution >= 4 is 17.6 Å². The monoisotopic (exact) mass is 377 g/mol. The molecule has 0 aliphatic heterocycles. The highest BCUT2D eigenvalue weighted by Gasteiger charge is 2.29. The first kappa shape index (κ1) is 19.0. The number of hydrogen-bond donors (Lipinski definition) is 2. The van der Waals surface area contributed by atoms with E-state index in [0.717, 1.165) is 5.56 Å². The number of carbonyl (C=O) groups excluding carboxylic acids is 3. The van der Waals surface area contributed by atoms with Crippen molar-refractivity contribution in [2.24, 2.45) is 5.73 Å². The van der Waals surface area contributed by atoms with Crippen molar-refractivity contribution in [3.8, 4) is 11.3 Å². The zero-order valence-electron chi connectivity index (χ0n) is 15.2. The second-order valence-corrected chi connectivity index (χ2v) is 6.27. The third-order valence-corrected chi connectivity index (χ3v) is 4.28. The van der Waals surface area contributed by atoms with Crippen LogP contribution in [0.5, 0.6) is 0 Å². The Morgan fingerprint density at radius 3 is 2.25 bits per heavy atom. The molecule has 0 aliphatic carbocycles. The zero-order chi connectivity index (χ0) is 20.1. The van der Waals surface area contributed by atoms with Crippen LogP contribution in [0, 0.1) is 6.92 Å². The summed E-state index contributed by atoms with van der Waals surface area (Å²) < 4.78 is 5.19. The Morgan fingerprint density at radius 1 is 1.04 bits per heavy atom. The van der Waals surface area contributed by atoms with E-state index in [9.17, 15) is 14.4 Å². The molecule has 0 unspecified atom stereocenters. The van der Waals surface area contributed by atoms with Gasteiger partial charge in [0.1, 0.15) is 23.1 Å². The lowest BCUT2D eigenvalue weighted by molar-refractivity contribution is -0.137. The lowest BCUT2D eigenvalue weighted by Gasteiger charge is -2.16. The number of amides is 2. The van der Waals surface area contributed by atoms with Gasteiger partial charge in [0, 0.05) is 12.0 Å². The van der Waals surface area contributed by atoms with Gasteiger partial charge in [-0.2, -0.15) is 0 Å². The Labute approximate surface area is 161 Å². The molecule has 0 bridgehead atoms. The first-order chi connectivity index (χ1) is 13.5. The number of nitrogens with two attached hydrogens (primary N) is 1. The maximum Gasteiger partial charge on any atom is 0.287 e. The molecular formula is C21H19N3O4. The molecule has 0 saturated heterocycles. The van der Waals surface area contributed by atoms with E-state index in [1.165, 1.54) is 0 Å². The Balaban J connectivity index is 1.89. The number of primary amides is 1. The maximum atomic E-state index is 12.9. The largest absolute Gasteiger partial charge is 0.363 e. The number of hydrogen-bond acceptors (Lipinski definition) is 5. The van der Waals surface area contributed by atoms with Crippen LogP contribution in [0.3, 0.4) is 0 Å². The summed E-state index contributed by atoms with van der Waals surface area (Å²) in [6, 6.07) is 17.0. The van der Waals surface area contributed by atoms with Crippen LogP contribution in [0.1, 0.15) is 21.7 Å². The van der Waals surface area contributed by atoms with Crippen LogP contribution in [0.25, 0.3) is 11.3 Å². The molecule has 142 valence electrons. The number of benzene rings is 2. The second kappa shape index (κ2) is 8.30. The Hall–Kier alpha value is -3.74. The minimum Gasteiger partial charge on any atom is -0.363 e. The van der Waals surface area contributed by atoms with Gasteiger partial charge in [0.2, 0.25) is 5.78 Å². The van der Waals surface area contributed by atoms with Crippen molar-refractivity contribution in [3.05, 3.63) is 77.6 Å². The molecule has 3 N–H and O–H groups in total. The fraction of sp³-hybridized carbons (Fsp3) is 0.143. The van der Waals surface area contributed by atoms with E-state index >= 15 is 0 Å². The number of nitrogens with one attached hydrogen (secondary N) is 1. The number of Topliss-reactive ketones (excluding diaryl/α,β-unsaturated/α-hetero) is 1. The molecule has 7 heteroatoms. The number of carbonyl (C=O) groups is 3. The highest BCUT2D eigenvalue weighted by Crippen LogP contribution is 2.25. The van der Waals surface area contributed by atoms with E-state index in [-0.39, 0.29) is 12.0 Å². The van der Waals surface area contributed by atoms with E-state index in [1.54, 1.807) is 43.3 Å². The topological polar surface area (TPSA) is 115 Å². The van der Waals surface area contributed by atoms with Crippen LogP contribution in [0.2, 0.25) is 0 Å². The van der Waals surface area contributed by atoms with E-state index in [1.807, 2.05) is 24.3 Å². The molecule has 3 aromatic rings. The van der Waals surface area contributed by atoms with Crippen molar-refractivity contribution in [1.82, 2.24) is 10.5 Å². The average molecular weight is 377 g/mol. The third-order valence-electron chi connectivity index (χ3n) is 4.28. The molecule has 1 aromatic heterocycles. The van der Waals surface area contributed by atoms with E-state index in [0.29, 0.717) is 17.0 Å². The molecule has 0 fully saturated rings. The molecule has 7 nitrogen and oxygen atoms in total. The van der Waals surface area contributed by atoms with Crippen LogP contribution < -0.4 is 11.1 Å². The predicted molar refractivity (Wildman–Crippen MR) is 102 cm³/mol. The Bertz CT molecular complexity index is 997. The Morgan fingerprint density at radius 2 is 1.64 bits per heavy atom. The minimum atomic E-state index is -1.11. The van der Waals surface area contributed by atoms with Crippen molar-refractivity contribution in [2.45, 2.75) is 19.4 Å². The van der Waals surface area contributed by atoms with Gasteiger partial charge >= 0.3 is 0 Å². The molecule has 3 rings (SSSR count). The summed E-state index contributed by atoms with van der Waals surface area (Å²) in [6.45, 7) is 1.61. The van der Waals surface area contributed by atoms with Gasteiger partial charge in [-0.3, -0.25) is 14.4 Å². The zero-order valence-corrected chi connectivity index (χ0v) is 15.2. The van der Waals surface area contributed by atoms with E-state index < -0.39 is 23.6 Å². The highest BCUT2D eigenvalue weighted by atomic mass is 16.5. The molecule has 0 radical (unpaired) electrons. The number of rotatable bonds is 7. The lowest BCUT2D eigenvalue weighted by Crippen LogP contribution is -2.47. The fourth-order valence-corrected chi connectivity index (χ4v) is 2.89. The van der Waals surface area contributed by atoms with Crippen molar-refractivity contribution in [3.63, 3.8) is 0 Å². The summed E-state index contributed by atoms with van der Waals surface area (Å²) >= 11 is 0. The van der Waals surface area contributed by atoms with Crippen LogP contribution >= 0.6 is 0 Å². The standard InChI is InChI=1S/C21H19N3O4/c1-13-17(18(24-28-13)15-10-6-3-7-11-15)21(27)23-16(19(25)20(22)26)12-14-8-4-2-5-9-14/h2-11,16H,12H2,1H3,(H2,22,26)(H,23,27)/t16-/m0/s1. The molecule has 0 saturated carbocycles. The van der Waals surface area contributed by atoms with Crippen LogP contribution in [-0.4, -0.2) is 28.8 Å². The number of ketones is 1. The van der Waals surface area contributed by atoms with Gasteiger partial charge in [0.15, 0.2) is 0 Å². The maximum absolute atomic E-state index is 12.9. The quantitative estimate of drug-likeness (QED) is 0.612. The van der Waals surface area contributed by atoms with E-state index in [2.05, 4.69) is 10.5 Å². The molecule has 1 atom stereocenters. The van der Waals surface area contributed by atoms with Crippen molar-refractivity contribution in [1.29, 1.82) is 0 Å². The normalized spacial score (nSPS) is 11.6. The van der Waals surface area contributed by atoms with Crippen molar-refractivity contribution < 1.29 is 18.9 Å². The summed E-state index contributed by atoms with van der Waals surface area (Å²) in [5, 5.41) is 6.58. The summed E-state index contributed by atoms with van der Waals surface area (Å²) in [4.78, 5) is 36.6. The minimum absolute atomic E-state index is 0.138. The molecule has 28 heavy (non-hydrogen) atoms. The second-order valence-electron chi connectivity index (χ2n) is 6.27. The summed E-state index contributed by atoms with van der Waals surface area (Å²) in [7, 11) is 0. The molecule has 0 aliphatic rings. The highest BCUT2D eigenvalue weighted by molar-refractivity contribution is 6.38. The van der Waals surface area contributed by atoms with Crippen molar-refractivity contribution in [2.75, 3.05) is 0 Å². The number of nitrogens with zero attached hydrogens (tertiary/aromatic N) is 1. The summed E-state index contributed by atoms with van der Waals surface area (Å²) in [5.41, 5.74) is 7.22. The van der Waals surface area contributed by atoms with Gasteiger partial charge in [-0.1, -0.05) is 65.8 Å². The van der Waals surface area contributed by atoms with Crippen LogP contribution in [-0.2, 0) is 16.0 Å². The van der Waals surface area contributed by atoms with Crippen LogP contribution in [0.15, 0.2) is 65.2 Å². The number of aromatic nitrogens is 1. The van der Waals surface area contributed by atoms with Gasteiger partial charge in [-0.25, -0.2) is 0 Å². The van der Waals surface area contributed by atoms with Gasteiger partial charge in [0.25, 0.3) is 11.8 Å². The van der Waals surface area contributed by atoms with Crippen LogP contribution in [0.4, 0.5) is 0 Å². The molecule has 2 aromatic carbocycles. The summed E-state index contributed by atoms with van der Waals surface area (Å²) in [5.74, 6) is -2.23. The van der Waals surface area contributed by atoms with Gasteiger partial charge < -0.3 is 15.6 Å². The molecule has 0 spiro atoms. The first-order valence-electron chi connectivity index (χ1n) is 8.67. The molecule has 1 heterocycles. The number of aryl methyl sites for hydroxylation is 1. The fourth-order valence-electron chi connectivity index (χ4n) is 2.89. The SMILES string of the molecule is Cc1onc(-c2ccccc2)c1C(=O)N[C@@H](Cc1ccccc1)C(=O)C(N)=O. The molecule has 2 amide bonds. The van der Waals surface area contributed by atoms with Gasteiger partial charge in [0.05, 0.1) is 0 Å². The first-order valence-corrected chi connectivity index (χ1v) is 8.67. The summed E-state index contributed by atoms with van der Waals surface area (Å²) in [6.07, 6.45) is 0.138. The lowest BCUT2D eigenvalue weighted by atomic mass is 10.0. The predicted octanol–water partition coefficient (Wildman–Crippen LogP) is 2.05. The van der Waals surface area contributed by atoms with Gasteiger partial charge in [-0.05, 0) is 12.5 Å². The average Bonchev–Trinajstić information content (AvgIpc) is 3.10. The smallest absolute Gasteiger partial charge is 0.287 e.